The van der Waals surface area contributed by atoms with Gasteiger partial charge >= 0.3 is 11.9 Å². The van der Waals surface area contributed by atoms with Crippen LogP contribution < -0.4 is 0 Å². The molecule has 0 radical (unpaired) electrons. The molecule has 1 amide bonds. The van der Waals surface area contributed by atoms with E-state index in [9.17, 15) is 14.4 Å². The van der Waals surface area contributed by atoms with Crippen molar-refractivity contribution in [2.24, 2.45) is 5.92 Å². The highest BCUT2D eigenvalue weighted by molar-refractivity contribution is 6.33. The van der Waals surface area contributed by atoms with Gasteiger partial charge in [-0.15, -0.1) is 0 Å². The molecule has 2 aromatic rings. The fraction of sp³-hybridized carbons (Fsp3) is 0.455. The monoisotopic (exact) mass is 447 g/mol. The van der Waals surface area contributed by atoms with E-state index in [2.05, 4.69) is 5.10 Å². The molecule has 1 aliphatic rings. The Bertz CT molecular complexity index is 952. The molecule has 1 fully saturated rings. The minimum absolute atomic E-state index is 0.128. The maximum absolute atomic E-state index is 12.7. The van der Waals surface area contributed by atoms with Crippen LogP contribution in [0.3, 0.4) is 0 Å². The Hall–Kier alpha value is -2.87. The Labute approximate surface area is 186 Å². The number of rotatable bonds is 6. The predicted octanol–water partition coefficient (Wildman–Crippen LogP) is 3.18. The molecule has 0 aliphatic carbocycles. The summed E-state index contributed by atoms with van der Waals surface area (Å²) in [6.45, 7) is 6.13. The zero-order valence-corrected chi connectivity index (χ0v) is 18.6. The van der Waals surface area contributed by atoms with Crippen LogP contribution in [0.4, 0.5) is 0 Å². The van der Waals surface area contributed by atoms with Gasteiger partial charge in [-0.2, -0.15) is 5.10 Å². The van der Waals surface area contributed by atoms with Gasteiger partial charge in [0.25, 0.3) is 5.91 Å². The number of piperidine rings is 1. The summed E-state index contributed by atoms with van der Waals surface area (Å²) in [5.74, 6) is -1.44. The zero-order chi connectivity index (χ0) is 22.5. The third kappa shape index (κ3) is 5.07. The Morgan fingerprint density at radius 1 is 1.19 bits per heavy atom. The average Bonchev–Trinajstić information content (AvgIpc) is 3.08. The lowest BCUT2D eigenvalue weighted by Gasteiger charge is -2.32. The molecular weight excluding hydrogens is 422 g/mol. The first-order valence-corrected chi connectivity index (χ1v) is 10.7. The standard InChI is InChI=1S/C22H26ClN3O5/c1-4-30-21(28)16-10-12-25(13-11-16)20(27)15(3)31-22(29)18-14(2)24-26(19(18)23)17-8-6-5-7-9-17/h5-9,15-16H,4,10-13H2,1-3H3. The van der Waals surface area contributed by atoms with E-state index in [0.29, 0.717) is 43.9 Å². The van der Waals surface area contributed by atoms with Gasteiger partial charge in [0.05, 0.1) is 23.9 Å². The SMILES string of the molecule is CCOC(=O)C1CCN(C(=O)C(C)OC(=O)c2c(C)nn(-c3ccccc3)c2Cl)CC1. The molecule has 0 saturated carbocycles. The van der Waals surface area contributed by atoms with Gasteiger partial charge in [0.15, 0.2) is 6.10 Å². The molecule has 3 rings (SSSR count). The number of amides is 1. The van der Waals surface area contributed by atoms with Crippen molar-refractivity contribution >= 4 is 29.4 Å². The lowest BCUT2D eigenvalue weighted by molar-refractivity contribution is -0.152. The number of para-hydroxylation sites is 1. The summed E-state index contributed by atoms with van der Waals surface area (Å²) in [5.41, 5.74) is 1.25. The Morgan fingerprint density at radius 3 is 2.45 bits per heavy atom. The lowest BCUT2D eigenvalue weighted by atomic mass is 9.97. The third-order valence-corrected chi connectivity index (χ3v) is 5.62. The first kappa shape index (κ1) is 22.8. The first-order chi connectivity index (χ1) is 14.8. The summed E-state index contributed by atoms with van der Waals surface area (Å²) in [6.07, 6.45) is 0.0715. The van der Waals surface area contributed by atoms with Gasteiger partial charge in [-0.3, -0.25) is 9.59 Å². The van der Waals surface area contributed by atoms with Gasteiger partial charge in [-0.25, -0.2) is 9.48 Å². The van der Waals surface area contributed by atoms with Crippen molar-refractivity contribution in [3.05, 3.63) is 46.7 Å². The fourth-order valence-corrected chi connectivity index (χ4v) is 3.94. The maximum Gasteiger partial charge on any atom is 0.344 e. The second kappa shape index (κ2) is 9.96. The molecule has 166 valence electrons. The van der Waals surface area contributed by atoms with E-state index in [1.165, 1.54) is 11.6 Å². The van der Waals surface area contributed by atoms with Crippen molar-refractivity contribution < 1.29 is 23.9 Å². The zero-order valence-electron chi connectivity index (χ0n) is 17.8. The summed E-state index contributed by atoms with van der Waals surface area (Å²) >= 11 is 6.40. The average molecular weight is 448 g/mol. The molecule has 1 unspecified atom stereocenters. The van der Waals surface area contributed by atoms with E-state index in [4.69, 9.17) is 21.1 Å². The molecule has 1 atom stereocenters. The maximum atomic E-state index is 12.7. The Kier molecular flexibility index (Phi) is 7.33. The first-order valence-electron chi connectivity index (χ1n) is 10.3. The smallest absolute Gasteiger partial charge is 0.344 e. The number of halogens is 1. The van der Waals surface area contributed by atoms with Crippen molar-refractivity contribution in [1.29, 1.82) is 0 Å². The molecule has 8 nitrogen and oxygen atoms in total. The van der Waals surface area contributed by atoms with Crippen LogP contribution in [0.25, 0.3) is 5.69 Å². The van der Waals surface area contributed by atoms with E-state index in [-0.39, 0.29) is 28.5 Å². The Morgan fingerprint density at radius 2 is 1.84 bits per heavy atom. The minimum Gasteiger partial charge on any atom is -0.466 e. The van der Waals surface area contributed by atoms with Crippen LogP contribution >= 0.6 is 11.6 Å². The van der Waals surface area contributed by atoms with Crippen molar-refractivity contribution in [3.63, 3.8) is 0 Å². The van der Waals surface area contributed by atoms with Gasteiger partial charge < -0.3 is 14.4 Å². The number of carbonyl (C=O) groups excluding carboxylic acids is 3. The van der Waals surface area contributed by atoms with Crippen LogP contribution in [0.15, 0.2) is 30.3 Å². The predicted molar refractivity (Wildman–Crippen MR) is 114 cm³/mol. The van der Waals surface area contributed by atoms with E-state index in [1.54, 1.807) is 18.7 Å². The van der Waals surface area contributed by atoms with Crippen LogP contribution in [0, 0.1) is 12.8 Å². The van der Waals surface area contributed by atoms with Crippen molar-refractivity contribution in [2.75, 3.05) is 19.7 Å². The molecular formula is C22H26ClN3O5. The molecule has 1 aromatic carbocycles. The second-order valence-corrected chi connectivity index (χ2v) is 7.76. The number of ether oxygens (including phenoxy) is 2. The lowest BCUT2D eigenvalue weighted by Crippen LogP contribution is -2.45. The third-order valence-electron chi connectivity index (χ3n) is 5.27. The molecule has 31 heavy (non-hydrogen) atoms. The summed E-state index contributed by atoms with van der Waals surface area (Å²) in [7, 11) is 0. The number of hydrogen-bond donors (Lipinski definition) is 0. The molecule has 1 aromatic heterocycles. The summed E-state index contributed by atoms with van der Waals surface area (Å²) < 4.78 is 11.9. The highest BCUT2D eigenvalue weighted by atomic mass is 35.5. The van der Waals surface area contributed by atoms with Crippen LogP contribution in [-0.2, 0) is 19.1 Å². The highest BCUT2D eigenvalue weighted by Crippen LogP contribution is 2.25. The van der Waals surface area contributed by atoms with E-state index in [1.807, 2.05) is 30.3 Å². The number of carbonyl (C=O) groups is 3. The molecule has 0 N–H and O–H groups in total. The largest absolute Gasteiger partial charge is 0.466 e. The van der Waals surface area contributed by atoms with Crippen molar-refractivity contribution in [1.82, 2.24) is 14.7 Å². The highest BCUT2D eigenvalue weighted by Gasteiger charge is 2.32. The van der Waals surface area contributed by atoms with Gasteiger partial charge in [0.1, 0.15) is 10.7 Å². The van der Waals surface area contributed by atoms with Gasteiger partial charge in [-0.05, 0) is 45.7 Å². The summed E-state index contributed by atoms with van der Waals surface area (Å²) in [6, 6.07) is 9.18. The topological polar surface area (TPSA) is 90.7 Å². The van der Waals surface area contributed by atoms with Gasteiger partial charge in [0, 0.05) is 13.1 Å². The second-order valence-electron chi connectivity index (χ2n) is 7.40. The number of aromatic nitrogens is 2. The van der Waals surface area contributed by atoms with Crippen LogP contribution in [0.5, 0.6) is 0 Å². The number of benzene rings is 1. The normalized spacial score (nSPS) is 15.4. The van der Waals surface area contributed by atoms with E-state index in [0.717, 1.165) is 0 Å². The molecule has 2 heterocycles. The summed E-state index contributed by atoms with van der Waals surface area (Å²) in [4.78, 5) is 39.0. The molecule has 1 saturated heterocycles. The van der Waals surface area contributed by atoms with Gasteiger partial charge in [0.2, 0.25) is 0 Å². The van der Waals surface area contributed by atoms with Crippen LogP contribution in [0.1, 0.15) is 42.7 Å². The Balaban J connectivity index is 1.63. The van der Waals surface area contributed by atoms with Crippen LogP contribution in [-0.4, -0.2) is 58.3 Å². The molecule has 1 aliphatic heterocycles. The number of aryl methyl sites for hydroxylation is 1. The molecule has 9 heteroatoms. The fourth-order valence-electron chi connectivity index (χ4n) is 3.59. The minimum atomic E-state index is -0.984. The van der Waals surface area contributed by atoms with Gasteiger partial charge in [-0.1, -0.05) is 29.8 Å². The molecule has 0 bridgehead atoms. The number of hydrogen-bond acceptors (Lipinski definition) is 6. The number of likely N-dealkylation sites (tertiary alicyclic amines) is 1. The summed E-state index contributed by atoms with van der Waals surface area (Å²) in [5, 5.41) is 4.46. The molecule has 0 spiro atoms. The van der Waals surface area contributed by atoms with E-state index >= 15 is 0 Å². The van der Waals surface area contributed by atoms with E-state index < -0.39 is 12.1 Å². The van der Waals surface area contributed by atoms with Crippen molar-refractivity contribution in [2.45, 2.75) is 39.7 Å². The number of esters is 2. The number of nitrogens with zero attached hydrogens (tertiary/aromatic N) is 3. The van der Waals surface area contributed by atoms with Crippen LogP contribution in [0.2, 0.25) is 5.15 Å². The quantitative estimate of drug-likeness (QED) is 0.631. The van der Waals surface area contributed by atoms with Crippen molar-refractivity contribution in [3.8, 4) is 5.69 Å².